The summed E-state index contributed by atoms with van der Waals surface area (Å²) < 4.78 is 13.9. The van der Waals surface area contributed by atoms with Gasteiger partial charge in [-0.25, -0.2) is 19.1 Å². The predicted octanol–water partition coefficient (Wildman–Crippen LogP) is 0.232. The van der Waals surface area contributed by atoms with Crippen LogP contribution in [0.15, 0.2) is 12.7 Å². The Bertz CT molecular complexity index is 140. The van der Waals surface area contributed by atoms with Crippen molar-refractivity contribution >= 4 is 22.6 Å². The van der Waals surface area contributed by atoms with Crippen molar-refractivity contribution < 1.29 is 21.6 Å². The van der Waals surface area contributed by atoms with Crippen LogP contribution in [0.3, 0.4) is 0 Å². The van der Waals surface area contributed by atoms with Crippen molar-refractivity contribution in [2.24, 2.45) is 5.41 Å². The van der Waals surface area contributed by atoms with Gasteiger partial charge < -0.3 is 0 Å². The van der Waals surface area contributed by atoms with Crippen molar-refractivity contribution in [1.29, 1.82) is 0 Å². The summed E-state index contributed by atoms with van der Waals surface area (Å²) in [5.41, 5.74) is -0.318. The number of halogens is 1. The van der Waals surface area contributed by atoms with Crippen LogP contribution in [0.1, 0.15) is 23.0 Å². The van der Waals surface area contributed by atoms with E-state index in [0.29, 0.717) is 0 Å². The molecule has 0 unspecified atom stereocenters. The van der Waals surface area contributed by atoms with E-state index in [1.54, 1.807) is 6.08 Å². The molecule has 0 atom stereocenters. The molecule has 0 spiro atoms. The first kappa shape index (κ1) is 9.03. The number of hydrogen-bond acceptors (Lipinski definition) is 0. The van der Waals surface area contributed by atoms with Crippen molar-refractivity contribution in [1.82, 2.24) is 0 Å². The van der Waals surface area contributed by atoms with Crippen molar-refractivity contribution in [2.75, 3.05) is 4.38 Å². The van der Waals surface area contributed by atoms with Crippen LogP contribution >= 0.6 is 22.6 Å². The Kier molecular flexibility index (Phi) is 5.99. The van der Waals surface area contributed by atoms with Gasteiger partial charge in [-0.15, -0.1) is 0 Å². The molecule has 0 bridgehead atoms. The standard InChI is InChI=1S/C8H14I.Li/c1-4-5-6-8(2,3)7-9;/h4-5H,1,6-7H2,2-3H3;/q-1;+1/i7D2;. The first-order valence-corrected chi connectivity index (χ1v) is 4.02. The van der Waals surface area contributed by atoms with Gasteiger partial charge in [0, 0.05) is 7.12 Å². The second kappa shape index (κ2) is 6.64. The van der Waals surface area contributed by atoms with Crippen LogP contribution in [0, 0.1) is 11.8 Å². The summed E-state index contributed by atoms with van der Waals surface area (Å²) in [6, 6.07) is 0. The molecule has 0 aromatic rings. The second-order valence-electron chi connectivity index (χ2n) is 2.65. The fraction of sp³-hybridized carbons (Fsp3) is 0.625. The maximum absolute atomic E-state index is 7.51. The minimum atomic E-state index is -1.16. The van der Waals surface area contributed by atoms with E-state index in [-0.39, 0.29) is 24.3 Å². The van der Waals surface area contributed by atoms with E-state index in [4.69, 9.17) is 2.74 Å². The van der Waals surface area contributed by atoms with Gasteiger partial charge in [0.1, 0.15) is 0 Å². The van der Waals surface area contributed by atoms with Gasteiger partial charge in [0.25, 0.3) is 0 Å². The number of allylic oxidation sites excluding steroid dienone is 1. The van der Waals surface area contributed by atoms with E-state index < -0.39 is 4.38 Å². The molecule has 0 nitrogen and oxygen atoms in total. The fourth-order valence-corrected chi connectivity index (χ4v) is 0.637. The Morgan fingerprint density at radius 1 is 1.80 bits per heavy atom. The molecular formula is C8H14ILi. The molecule has 0 aromatic heterocycles. The second-order valence-corrected chi connectivity index (χ2v) is 3.19. The molecule has 10 heavy (non-hydrogen) atoms. The zero-order chi connectivity index (χ0) is 9.12. The molecule has 0 rings (SSSR count). The molecule has 0 fully saturated rings. The van der Waals surface area contributed by atoms with Crippen LogP contribution in [0.25, 0.3) is 0 Å². The minimum absolute atomic E-state index is 0. The Labute approximate surface area is 93.0 Å². The predicted molar refractivity (Wildman–Crippen MR) is 51.8 cm³/mol. The third kappa shape index (κ3) is 7.05. The zero-order valence-corrected chi connectivity index (χ0v) is 9.10. The van der Waals surface area contributed by atoms with Crippen molar-refractivity contribution in [3.8, 4) is 0 Å². The third-order valence-electron chi connectivity index (χ3n) is 1.05. The maximum atomic E-state index is 7.51. The summed E-state index contributed by atoms with van der Waals surface area (Å²) in [4.78, 5) is 0. The van der Waals surface area contributed by atoms with E-state index in [2.05, 4.69) is 6.58 Å². The van der Waals surface area contributed by atoms with E-state index in [1.165, 1.54) is 0 Å². The van der Waals surface area contributed by atoms with Gasteiger partial charge in [-0.05, 0) is 5.41 Å². The summed E-state index contributed by atoms with van der Waals surface area (Å²) in [5, 5.41) is 0. The molecule has 0 amide bonds. The zero-order valence-electron chi connectivity index (χ0n) is 8.95. The van der Waals surface area contributed by atoms with Gasteiger partial charge in [0.05, 0.1) is 0 Å². The van der Waals surface area contributed by atoms with Crippen LogP contribution in [-0.4, -0.2) is 4.38 Å². The Balaban J connectivity index is 0. The van der Waals surface area contributed by atoms with Crippen molar-refractivity contribution in [2.45, 2.75) is 20.3 Å². The first-order valence-electron chi connectivity index (χ1n) is 3.94. The van der Waals surface area contributed by atoms with Gasteiger partial charge in [0.2, 0.25) is 0 Å². The van der Waals surface area contributed by atoms with E-state index in [1.807, 2.05) is 42.9 Å². The Morgan fingerprint density at radius 2 is 2.30 bits per heavy atom. The molecule has 54 valence electrons. The molecule has 0 aliphatic heterocycles. The molecule has 0 N–H and O–H groups in total. The van der Waals surface area contributed by atoms with Crippen molar-refractivity contribution in [3.63, 3.8) is 0 Å². The number of rotatable bonds is 4. The van der Waals surface area contributed by atoms with Crippen LogP contribution in [0.2, 0.25) is 0 Å². The quantitative estimate of drug-likeness (QED) is 0.288. The van der Waals surface area contributed by atoms with Gasteiger partial charge >= 0.3 is 18.9 Å². The first-order chi connectivity index (χ1) is 4.81. The topological polar surface area (TPSA) is 0 Å². The summed E-state index contributed by atoms with van der Waals surface area (Å²) in [6.45, 7) is 7.40. The molecule has 2 heteroatoms. The molecule has 0 aliphatic carbocycles. The number of alkyl halides is 1. The summed E-state index contributed by atoms with van der Waals surface area (Å²) >= 11 is 1.84. The van der Waals surface area contributed by atoms with E-state index >= 15 is 0 Å². The smallest absolute Gasteiger partial charge is 0.245 e. The molecular weight excluding hydrogens is 230 g/mol. The maximum Gasteiger partial charge on any atom is 1.00 e. The van der Waals surface area contributed by atoms with Gasteiger partial charge in [-0.3, -0.25) is 0 Å². The molecule has 0 aliphatic rings. The summed E-state index contributed by atoms with van der Waals surface area (Å²) in [5.74, 6) is 0. The Hall–Kier alpha value is 0.937. The molecule has 0 heterocycles. The van der Waals surface area contributed by atoms with Crippen LogP contribution in [0.4, 0.5) is 0 Å². The van der Waals surface area contributed by atoms with Crippen molar-refractivity contribution in [3.05, 3.63) is 19.1 Å². The molecule has 0 saturated carbocycles. The van der Waals surface area contributed by atoms with E-state index in [9.17, 15) is 0 Å². The van der Waals surface area contributed by atoms with Crippen LogP contribution in [0.5, 0.6) is 0 Å². The summed E-state index contributed by atoms with van der Waals surface area (Å²) in [6.07, 6.45) is 4.34. The minimum Gasteiger partial charge on any atom is -0.245 e. The summed E-state index contributed by atoms with van der Waals surface area (Å²) in [7, 11) is 0. The van der Waals surface area contributed by atoms with Crippen LogP contribution < -0.4 is 18.9 Å². The molecule has 0 radical (unpaired) electrons. The SMILES string of the molecule is [2H]C([2H])(I)C(C)(C)C[CH-]C=C.[Li+]. The van der Waals surface area contributed by atoms with Gasteiger partial charge in [0.15, 0.2) is 0 Å². The molecule has 0 saturated heterocycles. The average Bonchev–Trinajstić information content (AvgIpc) is 1.81. The number of hydrogen-bond donors (Lipinski definition) is 0. The average molecular weight is 246 g/mol. The van der Waals surface area contributed by atoms with Gasteiger partial charge in [-0.2, -0.15) is 0 Å². The largest absolute Gasteiger partial charge is 1.00 e. The monoisotopic (exact) mass is 246 g/mol. The van der Waals surface area contributed by atoms with Crippen LogP contribution in [-0.2, 0) is 0 Å². The van der Waals surface area contributed by atoms with E-state index in [0.717, 1.165) is 6.42 Å². The molecule has 0 aromatic carbocycles. The third-order valence-corrected chi connectivity index (χ3v) is 2.51. The Morgan fingerprint density at radius 3 is 2.60 bits per heavy atom. The van der Waals surface area contributed by atoms with Gasteiger partial charge in [-0.1, -0.05) is 42.9 Å². The fourth-order valence-electron chi connectivity index (χ4n) is 0.417. The normalized spacial score (nSPS) is 14.3.